The number of aliphatic hydroxyl groups is 1. The van der Waals surface area contributed by atoms with Crippen molar-refractivity contribution in [2.75, 3.05) is 64.5 Å². The van der Waals surface area contributed by atoms with Crippen LogP contribution in [0.15, 0.2) is 4.99 Å². The Labute approximate surface area is 159 Å². The molecule has 0 unspecified atom stereocenters. The number of aryl methyl sites for hydroxylation is 1. The summed E-state index contributed by atoms with van der Waals surface area (Å²) in [4.78, 5) is 13.6. The second kappa shape index (κ2) is 8.96. The van der Waals surface area contributed by atoms with Gasteiger partial charge in [-0.05, 0) is 12.8 Å². The summed E-state index contributed by atoms with van der Waals surface area (Å²) in [5.41, 5.74) is -0.0981. The van der Waals surface area contributed by atoms with Crippen LogP contribution in [-0.4, -0.2) is 84.9 Å². The summed E-state index contributed by atoms with van der Waals surface area (Å²) < 4.78 is 9.83. The summed E-state index contributed by atoms with van der Waals surface area (Å²) in [5, 5.41) is 14.4. The molecule has 0 bridgehead atoms. The molecule has 3 rings (SSSR count). The molecule has 0 saturated carbocycles. The van der Waals surface area contributed by atoms with Crippen LogP contribution in [0, 0.1) is 5.41 Å². The van der Waals surface area contributed by atoms with Crippen LogP contribution in [0.5, 0.6) is 0 Å². The number of aliphatic hydroxyl groups excluding tert-OH is 1. The first-order valence-corrected chi connectivity index (χ1v) is 10.2. The van der Waals surface area contributed by atoms with E-state index in [4.69, 9.17) is 4.74 Å². The molecular weight excluding hydrogens is 352 g/mol. The van der Waals surface area contributed by atoms with E-state index < -0.39 is 0 Å². The normalized spacial score (nSPS) is 21.1. The Bertz CT molecular complexity index is 594. The molecule has 2 aliphatic rings. The van der Waals surface area contributed by atoms with Crippen LogP contribution >= 0.6 is 11.5 Å². The third-order valence-corrected chi connectivity index (χ3v) is 6.16. The molecule has 0 atom stereocenters. The first-order valence-electron chi connectivity index (χ1n) is 9.41. The zero-order valence-corrected chi connectivity index (χ0v) is 16.6. The van der Waals surface area contributed by atoms with Crippen LogP contribution in [0.1, 0.15) is 25.6 Å². The predicted octanol–water partition coefficient (Wildman–Crippen LogP) is 0.587. The lowest BCUT2D eigenvalue weighted by Gasteiger charge is -2.39. The van der Waals surface area contributed by atoms with Gasteiger partial charge in [-0.25, -0.2) is 4.98 Å². The molecule has 0 aliphatic carbocycles. The highest BCUT2D eigenvalue weighted by Crippen LogP contribution is 2.29. The number of hydrogen-bond acceptors (Lipinski definition) is 7. The Kier molecular flexibility index (Phi) is 6.66. The van der Waals surface area contributed by atoms with Crippen LogP contribution in [0.2, 0.25) is 0 Å². The van der Waals surface area contributed by atoms with Crippen molar-refractivity contribution in [1.82, 2.24) is 19.6 Å². The molecule has 26 heavy (non-hydrogen) atoms. The van der Waals surface area contributed by atoms with Gasteiger partial charge in [-0.15, -0.1) is 0 Å². The maximum absolute atomic E-state index is 9.85. The van der Waals surface area contributed by atoms with Crippen LogP contribution in [-0.2, 0) is 11.2 Å². The van der Waals surface area contributed by atoms with E-state index in [9.17, 15) is 5.11 Å². The van der Waals surface area contributed by atoms with Gasteiger partial charge in [-0.1, -0.05) is 6.92 Å². The fourth-order valence-electron chi connectivity index (χ4n) is 3.42. The van der Waals surface area contributed by atoms with Gasteiger partial charge in [0.2, 0.25) is 5.13 Å². The fourth-order valence-corrected chi connectivity index (χ4v) is 4.22. The van der Waals surface area contributed by atoms with Crippen molar-refractivity contribution in [3.8, 4) is 0 Å². The Morgan fingerprint density at radius 2 is 2.04 bits per heavy atom. The van der Waals surface area contributed by atoms with E-state index in [2.05, 4.69) is 36.4 Å². The number of piperazine rings is 1. The average Bonchev–Trinajstić information content (AvgIpc) is 3.19. The van der Waals surface area contributed by atoms with E-state index in [1.54, 1.807) is 0 Å². The average molecular weight is 383 g/mol. The zero-order valence-electron chi connectivity index (χ0n) is 15.8. The van der Waals surface area contributed by atoms with Crippen molar-refractivity contribution in [1.29, 1.82) is 0 Å². The largest absolute Gasteiger partial charge is 0.396 e. The van der Waals surface area contributed by atoms with Crippen molar-refractivity contribution < 1.29 is 9.84 Å². The number of nitrogens with zero attached hydrogens (tertiary/aromatic N) is 5. The van der Waals surface area contributed by atoms with E-state index >= 15 is 0 Å². The zero-order chi connectivity index (χ0) is 18.4. The van der Waals surface area contributed by atoms with Gasteiger partial charge >= 0.3 is 0 Å². The molecule has 2 saturated heterocycles. The summed E-state index contributed by atoms with van der Waals surface area (Å²) in [5.74, 6) is 1.84. The molecule has 2 fully saturated rings. The van der Waals surface area contributed by atoms with Crippen molar-refractivity contribution >= 4 is 22.6 Å². The Balaban J connectivity index is 1.52. The van der Waals surface area contributed by atoms with Gasteiger partial charge < -0.3 is 25.0 Å². The summed E-state index contributed by atoms with van der Waals surface area (Å²) in [6, 6.07) is 0. The Hall–Kier alpha value is -1.45. The lowest BCUT2D eigenvalue weighted by Crippen LogP contribution is -2.54. The van der Waals surface area contributed by atoms with E-state index in [-0.39, 0.29) is 12.0 Å². The van der Waals surface area contributed by atoms with E-state index in [1.165, 1.54) is 11.5 Å². The van der Waals surface area contributed by atoms with Gasteiger partial charge in [0.15, 0.2) is 5.96 Å². The van der Waals surface area contributed by atoms with Gasteiger partial charge in [0.25, 0.3) is 0 Å². The topological polar surface area (TPSA) is 86.1 Å². The number of hydrogen-bond donors (Lipinski definition) is 2. The number of nitrogens with one attached hydrogen (secondary N) is 1. The molecule has 146 valence electrons. The minimum atomic E-state index is -0.0981. The number of anilines is 1. The van der Waals surface area contributed by atoms with Crippen molar-refractivity contribution in [3.05, 3.63) is 5.82 Å². The summed E-state index contributed by atoms with van der Waals surface area (Å²) in [6.07, 6.45) is 2.65. The molecule has 0 radical (unpaired) electrons. The molecule has 1 aromatic heterocycles. The summed E-state index contributed by atoms with van der Waals surface area (Å²) >= 11 is 1.49. The van der Waals surface area contributed by atoms with Crippen LogP contribution in [0.4, 0.5) is 5.13 Å². The summed E-state index contributed by atoms with van der Waals surface area (Å²) in [7, 11) is 1.82. The maximum atomic E-state index is 9.85. The Morgan fingerprint density at radius 1 is 1.31 bits per heavy atom. The second-order valence-electron chi connectivity index (χ2n) is 6.99. The highest BCUT2D eigenvalue weighted by atomic mass is 32.1. The maximum Gasteiger partial charge on any atom is 0.205 e. The molecule has 2 aliphatic heterocycles. The SMILES string of the molecule is CCc1nsc(N2CCN(C(=NC)NCC3(CO)CCOCC3)CC2)n1. The molecule has 0 aromatic carbocycles. The minimum Gasteiger partial charge on any atom is -0.396 e. The lowest BCUT2D eigenvalue weighted by molar-refractivity contribution is -0.0134. The lowest BCUT2D eigenvalue weighted by atomic mass is 9.81. The van der Waals surface area contributed by atoms with Crippen molar-refractivity contribution in [2.24, 2.45) is 10.4 Å². The Morgan fingerprint density at radius 3 is 2.62 bits per heavy atom. The molecule has 2 N–H and O–H groups in total. The van der Waals surface area contributed by atoms with Crippen molar-refractivity contribution in [3.63, 3.8) is 0 Å². The molecular formula is C17H30N6O2S. The van der Waals surface area contributed by atoms with E-state index in [0.29, 0.717) is 0 Å². The highest BCUT2D eigenvalue weighted by Gasteiger charge is 2.33. The first-order chi connectivity index (χ1) is 12.7. The van der Waals surface area contributed by atoms with Gasteiger partial charge in [0, 0.05) is 76.4 Å². The number of ether oxygens (including phenoxy) is 1. The standard InChI is InChI=1S/C17H30N6O2S/c1-3-14-20-16(26-21-14)23-8-6-22(7-9-23)15(18-2)19-12-17(13-24)4-10-25-11-5-17/h24H,3-13H2,1-2H3,(H,18,19). The van der Waals surface area contributed by atoms with Crippen LogP contribution in [0.3, 0.4) is 0 Å². The monoisotopic (exact) mass is 382 g/mol. The number of guanidine groups is 1. The van der Waals surface area contributed by atoms with E-state index in [1.807, 2.05) is 7.05 Å². The third-order valence-electron chi connectivity index (χ3n) is 5.35. The number of aromatic nitrogens is 2. The predicted molar refractivity (Wildman–Crippen MR) is 104 cm³/mol. The minimum absolute atomic E-state index is 0.0981. The second-order valence-corrected chi connectivity index (χ2v) is 7.72. The highest BCUT2D eigenvalue weighted by molar-refractivity contribution is 7.09. The third kappa shape index (κ3) is 4.44. The van der Waals surface area contributed by atoms with Gasteiger partial charge in [-0.3, -0.25) is 4.99 Å². The molecule has 1 aromatic rings. The van der Waals surface area contributed by atoms with Crippen molar-refractivity contribution in [2.45, 2.75) is 26.2 Å². The smallest absolute Gasteiger partial charge is 0.205 e. The molecule has 3 heterocycles. The molecule has 0 amide bonds. The first kappa shape index (κ1) is 19.3. The van der Waals surface area contributed by atoms with E-state index in [0.717, 1.165) is 82.1 Å². The number of rotatable bonds is 5. The summed E-state index contributed by atoms with van der Waals surface area (Å²) in [6.45, 7) is 8.07. The molecule has 9 heteroatoms. The van der Waals surface area contributed by atoms with Crippen LogP contribution in [0.25, 0.3) is 0 Å². The fraction of sp³-hybridized carbons (Fsp3) is 0.824. The quantitative estimate of drug-likeness (QED) is 0.569. The van der Waals surface area contributed by atoms with Gasteiger partial charge in [0.1, 0.15) is 5.82 Å². The van der Waals surface area contributed by atoms with Crippen LogP contribution < -0.4 is 10.2 Å². The number of aliphatic imine (C=N–C) groups is 1. The van der Waals surface area contributed by atoms with Gasteiger partial charge in [-0.2, -0.15) is 4.37 Å². The molecule has 0 spiro atoms. The van der Waals surface area contributed by atoms with Gasteiger partial charge in [0.05, 0.1) is 6.61 Å². The molecule has 8 nitrogen and oxygen atoms in total.